The van der Waals surface area contributed by atoms with Crippen LogP contribution in [0.2, 0.25) is 0 Å². The molecule has 100 valence electrons. The molecule has 3 nitrogen and oxygen atoms in total. The van der Waals surface area contributed by atoms with Gasteiger partial charge >= 0.3 is 0 Å². The molecular formula is C16H14BrN3. The quantitative estimate of drug-likeness (QED) is 0.771. The first-order valence-corrected chi connectivity index (χ1v) is 7.31. The average molecular weight is 328 g/mol. The van der Waals surface area contributed by atoms with Crippen molar-refractivity contribution in [1.29, 1.82) is 0 Å². The van der Waals surface area contributed by atoms with Crippen molar-refractivity contribution in [3.63, 3.8) is 0 Å². The van der Waals surface area contributed by atoms with Gasteiger partial charge in [-0.2, -0.15) is 5.10 Å². The van der Waals surface area contributed by atoms with Crippen LogP contribution in [0.15, 0.2) is 53.3 Å². The first-order chi connectivity index (χ1) is 9.76. The number of hydrogen-bond donors (Lipinski definition) is 1. The molecule has 0 unspecified atom stereocenters. The predicted molar refractivity (Wildman–Crippen MR) is 84.3 cm³/mol. The minimum Gasteiger partial charge on any atom is -0.277 e. The molecule has 0 saturated carbocycles. The van der Waals surface area contributed by atoms with Gasteiger partial charge < -0.3 is 0 Å². The van der Waals surface area contributed by atoms with Crippen LogP contribution in [0.5, 0.6) is 0 Å². The van der Waals surface area contributed by atoms with Gasteiger partial charge in [0, 0.05) is 22.4 Å². The Kier molecular flexibility index (Phi) is 3.65. The molecule has 0 radical (unpaired) electrons. The Hall–Kier alpha value is -1.94. The lowest BCUT2D eigenvalue weighted by atomic mass is 10.1. The number of hydrogen-bond acceptors (Lipinski definition) is 2. The van der Waals surface area contributed by atoms with Gasteiger partial charge in [0.1, 0.15) is 0 Å². The summed E-state index contributed by atoms with van der Waals surface area (Å²) >= 11 is 3.43. The van der Waals surface area contributed by atoms with E-state index in [1.165, 1.54) is 5.56 Å². The molecule has 2 heterocycles. The number of nitrogens with zero attached hydrogens (tertiary/aromatic N) is 2. The molecular weight excluding hydrogens is 314 g/mol. The summed E-state index contributed by atoms with van der Waals surface area (Å²) in [6, 6.07) is 12.6. The van der Waals surface area contributed by atoms with Gasteiger partial charge in [0.15, 0.2) is 0 Å². The van der Waals surface area contributed by atoms with Crippen LogP contribution in [-0.4, -0.2) is 15.2 Å². The molecule has 0 aliphatic carbocycles. The molecule has 4 heteroatoms. The van der Waals surface area contributed by atoms with Crippen LogP contribution in [0.3, 0.4) is 0 Å². The van der Waals surface area contributed by atoms with E-state index >= 15 is 0 Å². The number of pyridine rings is 1. The van der Waals surface area contributed by atoms with E-state index in [-0.39, 0.29) is 0 Å². The summed E-state index contributed by atoms with van der Waals surface area (Å²) in [5, 5.41) is 7.45. The van der Waals surface area contributed by atoms with Gasteiger partial charge in [0.05, 0.1) is 11.4 Å². The SMILES string of the molecule is CCc1ccc(-c2cc(-c3cncc(Br)c3)n[nH]2)cc1. The summed E-state index contributed by atoms with van der Waals surface area (Å²) in [5.41, 5.74) is 5.39. The third-order valence-corrected chi connectivity index (χ3v) is 3.69. The molecule has 3 rings (SSSR count). The Morgan fingerprint density at radius 3 is 2.55 bits per heavy atom. The summed E-state index contributed by atoms with van der Waals surface area (Å²) < 4.78 is 0.951. The second-order valence-electron chi connectivity index (χ2n) is 4.61. The van der Waals surface area contributed by atoms with E-state index < -0.39 is 0 Å². The highest BCUT2D eigenvalue weighted by Gasteiger charge is 2.06. The normalized spacial score (nSPS) is 10.7. The van der Waals surface area contributed by atoms with E-state index in [1.807, 2.05) is 18.3 Å². The van der Waals surface area contributed by atoms with Gasteiger partial charge in [-0.25, -0.2) is 0 Å². The molecule has 20 heavy (non-hydrogen) atoms. The summed E-state index contributed by atoms with van der Waals surface area (Å²) in [5.74, 6) is 0. The van der Waals surface area contributed by atoms with Crippen LogP contribution in [0.25, 0.3) is 22.5 Å². The maximum atomic E-state index is 4.36. The highest BCUT2D eigenvalue weighted by Crippen LogP contribution is 2.25. The van der Waals surface area contributed by atoms with Gasteiger partial charge in [-0.3, -0.25) is 10.1 Å². The van der Waals surface area contributed by atoms with Crippen LogP contribution in [0.4, 0.5) is 0 Å². The fraction of sp³-hybridized carbons (Fsp3) is 0.125. The van der Waals surface area contributed by atoms with Crippen LogP contribution in [0.1, 0.15) is 12.5 Å². The summed E-state index contributed by atoms with van der Waals surface area (Å²) in [7, 11) is 0. The largest absolute Gasteiger partial charge is 0.277 e. The highest BCUT2D eigenvalue weighted by molar-refractivity contribution is 9.10. The predicted octanol–water partition coefficient (Wildman–Crippen LogP) is 4.46. The van der Waals surface area contributed by atoms with Crippen molar-refractivity contribution >= 4 is 15.9 Å². The maximum Gasteiger partial charge on any atom is 0.0943 e. The third-order valence-electron chi connectivity index (χ3n) is 3.25. The lowest BCUT2D eigenvalue weighted by molar-refractivity contribution is 1.09. The number of aryl methyl sites for hydroxylation is 1. The van der Waals surface area contributed by atoms with Crippen LogP contribution < -0.4 is 0 Å². The number of halogens is 1. The van der Waals surface area contributed by atoms with Crippen molar-refractivity contribution in [3.05, 3.63) is 58.8 Å². The summed E-state index contributed by atoms with van der Waals surface area (Å²) in [4.78, 5) is 4.16. The molecule has 0 spiro atoms. The molecule has 0 amide bonds. The van der Waals surface area contributed by atoms with Gasteiger partial charge in [-0.1, -0.05) is 31.2 Å². The molecule has 3 aromatic rings. The maximum absolute atomic E-state index is 4.36. The van der Waals surface area contributed by atoms with Gasteiger partial charge in [-0.15, -0.1) is 0 Å². The monoisotopic (exact) mass is 327 g/mol. The van der Waals surface area contributed by atoms with E-state index in [0.29, 0.717) is 0 Å². The van der Waals surface area contributed by atoms with Gasteiger partial charge in [0.25, 0.3) is 0 Å². The molecule has 0 fully saturated rings. The Balaban J connectivity index is 1.93. The molecule has 1 aromatic carbocycles. The zero-order chi connectivity index (χ0) is 13.9. The number of rotatable bonds is 3. The minimum absolute atomic E-state index is 0.897. The van der Waals surface area contributed by atoms with Crippen LogP contribution in [0, 0.1) is 0 Å². The van der Waals surface area contributed by atoms with Crippen LogP contribution >= 0.6 is 15.9 Å². The Morgan fingerprint density at radius 2 is 1.85 bits per heavy atom. The topological polar surface area (TPSA) is 41.6 Å². The molecule has 0 aliphatic heterocycles. The van der Waals surface area contributed by atoms with E-state index in [4.69, 9.17) is 0 Å². The summed E-state index contributed by atoms with van der Waals surface area (Å²) in [6.45, 7) is 2.16. The molecule has 0 bridgehead atoms. The Labute approximate surface area is 126 Å². The fourth-order valence-corrected chi connectivity index (χ4v) is 2.45. The molecule has 0 saturated heterocycles. The molecule has 2 aromatic heterocycles. The van der Waals surface area contributed by atoms with Crippen molar-refractivity contribution in [2.24, 2.45) is 0 Å². The molecule has 0 aliphatic rings. The molecule has 0 atom stereocenters. The van der Waals surface area contributed by atoms with Crippen molar-refractivity contribution in [2.45, 2.75) is 13.3 Å². The van der Waals surface area contributed by atoms with Crippen molar-refractivity contribution < 1.29 is 0 Å². The second kappa shape index (κ2) is 5.59. The van der Waals surface area contributed by atoms with Crippen LogP contribution in [-0.2, 0) is 6.42 Å². The van der Waals surface area contributed by atoms with E-state index in [2.05, 4.69) is 62.3 Å². The van der Waals surface area contributed by atoms with E-state index in [0.717, 1.165) is 33.4 Å². The van der Waals surface area contributed by atoms with Crippen molar-refractivity contribution in [3.8, 4) is 22.5 Å². The first kappa shape index (κ1) is 13.1. The highest BCUT2D eigenvalue weighted by atomic mass is 79.9. The van der Waals surface area contributed by atoms with Gasteiger partial charge in [0.2, 0.25) is 0 Å². The number of aromatic amines is 1. The van der Waals surface area contributed by atoms with E-state index in [9.17, 15) is 0 Å². The zero-order valence-corrected chi connectivity index (χ0v) is 12.7. The number of nitrogens with one attached hydrogen (secondary N) is 1. The lowest BCUT2D eigenvalue weighted by Gasteiger charge is -1.99. The Bertz CT molecular complexity index is 717. The van der Waals surface area contributed by atoms with Crippen molar-refractivity contribution in [1.82, 2.24) is 15.2 Å². The smallest absolute Gasteiger partial charge is 0.0943 e. The summed E-state index contributed by atoms with van der Waals surface area (Å²) in [6.07, 6.45) is 4.63. The van der Waals surface area contributed by atoms with Gasteiger partial charge in [-0.05, 0) is 45.6 Å². The zero-order valence-electron chi connectivity index (χ0n) is 11.1. The van der Waals surface area contributed by atoms with E-state index in [1.54, 1.807) is 6.20 Å². The third kappa shape index (κ3) is 2.65. The first-order valence-electron chi connectivity index (χ1n) is 6.52. The fourth-order valence-electron chi connectivity index (χ4n) is 2.09. The average Bonchev–Trinajstić information content (AvgIpc) is 2.97. The Morgan fingerprint density at radius 1 is 1.05 bits per heavy atom. The van der Waals surface area contributed by atoms with Crippen molar-refractivity contribution in [2.75, 3.05) is 0 Å². The lowest BCUT2D eigenvalue weighted by Crippen LogP contribution is -1.81. The number of benzene rings is 1. The standard InChI is InChI=1S/C16H14BrN3/c1-2-11-3-5-12(6-4-11)15-8-16(20-19-15)13-7-14(17)10-18-9-13/h3-10H,2H2,1H3,(H,19,20). The molecule has 1 N–H and O–H groups in total. The minimum atomic E-state index is 0.897. The number of H-pyrrole nitrogens is 1. The number of aromatic nitrogens is 3. The second-order valence-corrected chi connectivity index (χ2v) is 5.52.